The van der Waals surface area contributed by atoms with E-state index >= 15 is 0 Å². The number of amides is 1. The number of carbonyl (C=O) groups excluding carboxylic acids is 1. The maximum atomic E-state index is 11.8. The molecule has 0 atom stereocenters. The number of hydrogen-bond donors (Lipinski definition) is 2. The number of alkyl halides is 3. The highest BCUT2D eigenvalue weighted by molar-refractivity contribution is 5.81. The first-order chi connectivity index (χ1) is 7.89. The van der Waals surface area contributed by atoms with Crippen molar-refractivity contribution in [1.82, 2.24) is 5.32 Å². The summed E-state index contributed by atoms with van der Waals surface area (Å²) in [4.78, 5) is 10.5. The molecule has 17 heavy (non-hydrogen) atoms. The van der Waals surface area contributed by atoms with Crippen molar-refractivity contribution in [2.45, 2.75) is 13.1 Å². The quantitative estimate of drug-likeness (QED) is 0.799. The van der Waals surface area contributed by atoms with Crippen molar-refractivity contribution in [1.29, 1.82) is 0 Å². The van der Waals surface area contributed by atoms with E-state index in [2.05, 4.69) is 5.32 Å². The average Bonchev–Trinajstić information content (AvgIpc) is 2.25. The molecule has 1 amide bonds. The van der Waals surface area contributed by atoms with E-state index in [9.17, 15) is 18.0 Å². The van der Waals surface area contributed by atoms with Gasteiger partial charge in [-0.1, -0.05) is 17.7 Å². The standard InChI is InChI=1S/C11H13F3N2O/c1-8-2-4-9(5-3-8)15-6-7-16-10(17)11(12,13)14/h2-5,15H,6-7H2,1H3,(H,16,17). The van der Waals surface area contributed by atoms with Crippen LogP contribution < -0.4 is 10.6 Å². The van der Waals surface area contributed by atoms with Gasteiger partial charge >= 0.3 is 12.1 Å². The van der Waals surface area contributed by atoms with Crippen LogP contribution in [0.3, 0.4) is 0 Å². The van der Waals surface area contributed by atoms with Gasteiger partial charge in [-0.3, -0.25) is 4.79 Å². The van der Waals surface area contributed by atoms with E-state index in [1.165, 1.54) is 0 Å². The highest BCUT2D eigenvalue weighted by Crippen LogP contribution is 2.13. The molecule has 0 fully saturated rings. The van der Waals surface area contributed by atoms with Crippen molar-refractivity contribution in [2.75, 3.05) is 18.4 Å². The van der Waals surface area contributed by atoms with E-state index in [1.54, 1.807) is 5.32 Å². The van der Waals surface area contributed by atoms with Crippen LogP contribution >= 0.6 is 0 Å². The third kappa shape index (κ3) is 4.76. The Hall–Kier alpha value is -1.72. The SMILES string of the molecule is Cc1ccc(NCCNC(=O)C(F)(F)F)cc1. The van der Waals surface area contributed by atoms with Crippen molar-refractivity contribution < 1.29 is 18.0 Å². The molecule has 0 heterocycles. The van der Waals surface area contributed by atoms with Gasteiger partial charge in [0.15, 0.2) is 0 Å². The van der Waals surface area contributed by atoms with Crippen LogP contribution in [-0.2, 0) is 4.79 Å². The molecule has 1 rings (SSSR count). The molecule has 0 radical (unpaired) electrons. The van der Waals surface area contributed by atoms with E-state index in [0.29, 0.717) is 0 Å². The van der Waals surface area contributed by atoms with Crippen molar-refractivity contribution in [3.8, 4) is 0 Å². The number of anilines is 1. The van der Waals surface area contributed by atoms with Crippen molar-refractivity contribution in [3.63, 3.8) is 0 Å². The van der Waals surface area contributed by atoms with Gasteiger partial charge in [0.25, 0.3) is 0 Å². The predicted molar refractivity (Wildman–Crippen MR) is 58.7 cm³/mol. The van der Waals surface area contributed by atoms with Crippen LogP contribution in [0.25, 0.3) is 0 Å². The third-order valence-corrected chi connectivity index (χ3v) is 2.05. The molecule has 0 aliphatic heterocycles. The van der Waals surface area contributed by atoms with Crippen molar-refractivity contribution in [3.05, 3.63) is 29.8 Å². The lowest BCUT2D eigenvalue weighted by Gasteiger charge is -2.09. The molecule has 0 spiro atoms. The minimum atomic E-state index is -4.82. The maximum Gasteiger partial charge on any atom is 0.471 e. The largest absolute Gasteiger partial charge is 0.471 e. The van der Waals surface area contributed by atoms with Gasteiger partial charge < -0.3 is 10.6 Å². The zero-order chi connectivity index (χ0) is 12.9. The van der Waals surface area contributed by atoms with E-state index < -0.39 is 12.1 Å². The second-order valence-electron chi connectivity index (χ2n) is 3.55. The number of aryl methyl sites for hydroxylation is 1. The maximum absolute atomic E-state index is 11.8. The Balaban J connectivity index is 2.25. The fourth-order valence-corrected chi connectivity index (χ4v) is 1.15. The van der Waals surface area contributed by atoms with Crippen molar-refractivity contribution in [2.24, 2.45) is 0 Å². The highest BCUT2D eigenvalue weighted by Gasteiger charge is 2.38. The van der Waals surface area contributed by atoms with Gasteiger partial charge in [0.1, 0.15) is 0 Å². The molecule has 1 aromatic carbocycles. The van der Waals surface area contributed by atoms with Crippen LogP contribution in [0.2, 0.25) is 0 Å². The third-order valence-electron chi connectivity index (χ3n) is 2.05. The average molecular weight is 246 g/mol. The van der Waals surface area contributed by atoms with Gasteiger partial charge in [0, 0.05) is 18.8 Å². The molecule has 0 aromatic heterocycles. The lowest BCUT2D eigenvalue weighted by atomic mass is 10.2. The number of nitrogens with one attached hydrogen (secondary N) is 2. The fraction of sp³-hybridized carbons (Fsp3) is 0.364. The van der Waals surface area contributed by atoms with Gasteiger partial charge in [0.05, 0.1) is 0 Å². The van der Waals surface area contributed by atoms with Crippen LogP contribution in [0.4, 0.5) is 18.9 Å². The summed E-state index contributed by atoms with van der Waals surface area (Å²) in [6.45, 7) is 2.10. The number of rotatable bonds is 4. The summed E-state index contributed by atoms with van der Waals surface area (Å²) in [6.07, 6.45) is -4.82. The lowest BCUT2D eigenvalue weighted by molar-refractivity contribution is -0.173. The van der Waals surface area contributed by atoms with Crippen LogP contribution in [0.15, 0.2) is 24.3 Å². The monoisotopic (exact) mass is 246 g/mol. The predicted octanol–water partition coefficient (Wildman–Crippen LogP) is 2.09. The minimum absolute atomic E-state index is 0.0772. The first-order valence-corrected chi connectivity index (χ1v) is 5.05. The summed E-state index contributed by atoms with van der Waals surface area (Å²) in [7, 11) is 0. The van der Waals surface area contributed by atoms with E-state index in [-0.39, 0.29) is 13.1 Å². The van der Waals surface area contributed by atoms with E-state index in [1.807, 2.05) is 31.2 Å². The van der Waals surface area contributed by atoms with Crippen LogP contribution in [0.1, 0.15) is 5.56 Å². The highest BCUT2D eigenvalue weighted by atomic mass is 19.4. The molecular weight excluding hydrogens is 233 g/mol. The molecule has 0 saturated carbocycles. The first-order valence-electron chi connectivity index (χ1n) is 5.05. The molecule has 3 nitrogen and oxygen atoms in total. The van der Waals surface area contributed by atoms with Gasteiger partial charge in [-0.15, -0.1) is 0 Å². The van der Waals surface area contributed by atoms with Crippen molar-refractivity contribution >= 4 is 11.6 Å². The van der Waals surface area contributed by atoms with Gasteiger partial charge in [-0.25, -0.2) is 0 Å². The van der Waals surface area contributed by atoms with Gasteiger partial charge in [0.2, 0.25) is 0 Å². The second kappa shape index (κ2) is 5.56. The van der Waals surface area contributed by atoms with E-state index in [4.69, 9.17) is 0 Å². The molecule has 0 saturated heterocycles. The number of benzene rings is 1. The molecule has 94 valence electrons. The number of halogens is 3. The summed E-state index contributed by atoms with van der Waals surface area (Å²) < 4.78 is 35.4. The Kier molecular flexibility index (Phi) is 4.37. The van der Waals surface area contributed by atoms with Crippen LogP contribution in [0.5, 0.6) is 0 Å². The number of carbonyl (C=O) groups is 1. The molecule has 0 unspecified atom stereocenters. The summed E-state index contributed by atoms with van der Waals surface area (Å²) in [5, 5.41) is 4.67. The molecule has 0 bridgehead atoms. The molecule has 2 N–H and O–H groups in total. The Morgan fingerprint density at radius 2 is 1.76 bits per heavy atom. The fourth-order valence-electron chi connectivity index (χ4n) is 1.15. The molecular formula is C11H13F3N2O. The smallest absolute Gasteiger partial charge is 0.383 e. The summed E-state index contributed by atoms with van der Waals surface area (Å²) in [5.41, 5.74) is 1.90. The molecule has 0 aliphatic carbocycles. The summed E-state index contributed by atoms with van der Waals surface area (Å²) in [6, 6.07) is 7.41. The molecule has 1 aromatic rings. The Morgan fingerprint density at radius 3 is 2.29 bits per heavy atom. The topological polar surface area (TPSA) is 41.1 Å². The van der Waals surface area contributed by atoms with Crippen LogP contribution in [-0.4, -0.2) is 25.2 Å². The molecule has 0 aliphatic rings. The second-order valence-corrected chi connectivity index (χ2v) is 3.55. The zero-order valence-electron chi connectivity index (χ0n) is 9.27. The Morgan fingerprint density at radius 1 is 1.18 bits per heavy atom. The first kappa shape index (κ1) is 13.3. The van der Waals surface area contributed by atoms with E-state index in [0.717, 1.165) is 11.3 Å². The summed E-state index contributed by atoms with van der Waals surface area (Å²) >= 11 is 0. The molecule has 6 heteroatoms. The normalized spacial score (nSPS) is 11.1. The zero-order valence-corrected chi connectivity index (χ0v) is 9.27. The summed E-state index contributed by atoms with van der Waals surface area (Å²) in [5.74, 6) is -1.91. The van der Waals surface area contributed by atoms with Crippen LogP contribution in [0, 0.1) is 6.92 Å². The van der Waals surface area contributed by atoms with Gasteiger partial charge in [-0.2, -0.15) is 13.2 Å². The minimum Gasteiger partial charge on any atom is -0.383 e. The Bertz CT molecular complexity index is 373. The van der Waals surface area contributed by atoms with Gasteiger partial charge in [-0.05, 0) is 19.1 Å². The Labute approximate surface area is 97.0 Å². The number of hydrogen-bond acceptors (Lipinski definition) is 2. The lowest BCUT2D eigenvalue weighted by Crippen LogP contribution is -2.39.